The fourth-order valence-electron chi connectivity index (χ4n) is 2.93. The molecule has 4 rings (SSSR count). The van der Waals surface area contributed by atoms with Gasteiger partial charge in [0.1, 0.15) is 5.76 Å². The van der Waals surface area contributed by atoms with Crippen LogP contribution in [-0.2, 0) is 27.5 Å². The average molecular weight is 367 g/mol. The van der Waals surface area contributed by atoms with Gasteiger partial charge in [0.2, 0.25) is 11.8 Å². The molecule has 138 valence electrons. The Kier molecular flexibility index (Phi) is 4.69. The number of benzene rings is 1. The minimum Gasteiger partial charge on any atom is -0.467 e. The second-order valence-electron chi connectivity index (χ2n) is 6.23. The second-order valence-corrected chi connectivity index (χ2v) is 6.23. The monoisotopic (exact) mass is 367 g/mol. The summed E-state index contributed by atoms with van der Waals surface area (Å²) in [4.78, 5) is 25.9. The first-order valence-corrected chi connectivity index (χ1v) is 8.53. The van der Waals surface area contributed by atoms with Crippen LogP contribution in [0.15, 0.2) is 57.6 Å². The molecule has 0 saturated carbocycles. The van der Waals surface area contributed by atoms with Gasteiger partial charge < -0.3 is 18.5 Å². The van der Waals surface area contributed by atoms with Gasteiger partial charge in [-0.3, -0.25) is 9.59 Å². The number of aromatic nitrogens is 2. The molecule has 2 aromatic heterocycles. The van der Waals surface area contributed by atoms with Gasteiger partial charge in [-0.1, -0.05) is 18.2 Å². The van der Waals surface area contributed by atoms with E-state index in [0.717, 1.165) is 5.56 Å². The summed E-state index contributed by atoms with van der Waals surface area (Å²) in [6, 6.07) is 12.9. The molecule has 0 aliphatic carbocycles. The molecule has 1 aliphatic heterocycles. The Labute approximate surface area is 154 Å². The number of furan rings is 1. The highest BCUT2D eigenvalue weighted by molar-refractivity contribution is 5.86. The van der Waals surface area contributed by atoms with Gasteiger partial charge in [0.15, 0.2) is 6.61 Å². The van der Waals surface area contributed by atoms with Crippen molar-refractivity contribution in [1.82, 2.24) is 15.1 Å². The number of carbonyl (C=O) groups excluding carboxylic acids is 2. The van der Waals surface area contributed by atoms with E-state index >= 15 is 0 Å². The van der Waals surface area contributed by atoms with Crippen LogP contribution < -0.4 is 0 Å². The molecule has 1 aliphatic rings. The maximum atomic E-state index is 12.3. The Bertz CT molecular complexity index is 920. The first-order valence-electron chi connectivity index (χ1n) is 8.53. The molecule has 1 atom stereocenters. The molecule has 0 spiro atoms. The fraction of sp³-hybridized carbons (Fsp3) is 0.263. The molecule has 0 unspecified atom stereocenters. The lowest BCUT2D eigenvalue weighted by atomic mass is 10.1. The van der Waals surface area contributed by atoms with E-state index < -0.39 is 11.9 Å². The van der Waals surface area contributed by atoms with E-state index in [1.165, 1.54) is 0 Å². The summed E-state index contributed by atoms with van der Waals surface area (Å²) in [6.07, 6.45) is 1.67. The highest BCUT2D eigenvalue weighted by Crippen LogP contribution is 2.22. The second kappa shape index (κ2) is 7.45. The van der Waals surface area contributed by atoms with Crippen LogP contribution in [0.1, 0.15) is 18.1 Å². The van der Waals surface area contributed by atoms with E-state index in [1.54, 1.807) is 23.3 Å². The maximum absolute atomic E-state index is 12.3. The molecule has 1 amide bonds. The summed E-state index contributed by atoms with van der Waals surface area (Å²) < 4.78 is 16.0. The van der Waals surface area contributed by atoms with E-state index in [9.17, 15) is 9.59 Å². The van der Waals surface area contributed by atoms with E-state index in [2.05, 4.69) is 10.2 Å². The summed E-state index contributed by atoms with van der Waals surface area (Å²) in [6.45, 7) is 0.527. The van der Waals surface area contributed by atoms with E-state index in [1.807, 2.05) is 30.3 Å². The summed E-state index contributed by atoms with van der Waals surface area (Å²) in [5.41, 5.74) is 0.789. The third kappa shape index (κ3) is 3.89. The van der Waals surface area contributed by atoms with Crippen molar-refractivity contribution in [2.45, 2.75) is 19.6 Å². The predicted molar refractivity (Wildman–Crippen MR) is 91.8 cm³/mol. The lowest BCUT2D eigenvalue weighted by Crippen LogP contribution is -2.26. The first-order chi connectivity index (χ1) is 13.2. The SMILES string of the molecule is O=C(OCc1nnc(-c2ccccc2)o1)[C@@H]1CC(=O)N(Cc2ccco2)C1. The smallest absolute Gasteiger partial charge is 0.311 e. The zero-order valence-corrected chi connectivity index (χ0v) is 14.4. The lowest BCUT2D eigenvalue weighted by Gasteiger charge is -2.14. The van der Waals surface area contributed by atoms with Gasteiger partial charge in [-0.25, -0.2) is 0 Å². The molecular formula is C19H17N3O5. The molecule has 3 heterocycles. The summed E-state index contributed by atoms with van der Waals surface area (Å²) >= 11 is 0. The Morgan fingerprint density at radius 2 is 2.04 bits per heavy atom. The normalized spacial score (nSPS) is 16.7. The van der Waals surface area contributed by atoms with Crippen LogP contribution in [0.2, 0.25) is 0 Å². The largest absolute Gasteiger partial charge is 0.467 e. The minimum atomic E-state index is -0.510. The van der Waals surface area contributed by atoms with Gasteiger partial charge >= 0.3 is 5.97 Å². The van der Waals surface area contributed by atoms with Gasteiger partial charge in [0.25, 0.3) is 5.89 Å². The van der Waals surface area contributed by atoms with Crippen LogP contribution in [0.5, 0.6) is 0 Å². The van der Waals surface area contributed by atoms with Crippen molar-refractivity contribution < 1.29 is 23.2 Å². The average Bonchev–Trinajstić information content (AvgIpc) is 3.43. The third-order valence-electron chi connectivity index (χ3n) is 4.30. The van der Waals surface area contributed by atoms with Crippen molar-refractivity contribution in [3.05, 3.63) is 60.4 Å². The van der Waals surface area contributed by atoms with Crippen LogP contribution in [-0.4, -0.2) is 33.5 Å². The minimum absolute atomic E-state index is 0.0995. The number of carbonyl (C=O) groups is 2. The molecular weight excluding hydrogens is 350 g/mol. The van der Waals surface area contributed by atoms with Crippen molar-refractivity contribution in [3.63, 3.8) is 0 Å². The van der Waals surface area contributed by atoms with Crippen molar-refractivity contribution in [2.75, 3.05) is 6.54 Å². The van der Waals surface area contributed by atoms with Crippen molar-refractivity contribution >= 4 is 11.9 Å². The summed E-state index contributed by atoms with van der Waals surface area (Å²) in [5.74, 6) is 0.184. The standard InChI is InChI=1S/C19H17N3O5/c23-17-9-14(10-22(17)11-15-7-4-8-25-15)19(24)26-12-16-20-21-18(27-16)13-5-2-1-3-6-13/h1-8,14H,9-12H2/t14-/m1/s1. The molecule has 8 heteroatoms. The van der Waals surface area contributed by atoms with Crippen molar-refractivity contribution in [3.8, 4) is 11.5 Å². The van der Waals surface area contributed by atoms with Crippen LogP contribution in [0.4, 0.5) is 0 Å². The molecule has 0 N–H and O–H groups in total. The topological polar surface area (TPSA) is 98.7 Å². The molecule has 27 heavy (non-hydrogen) atoms. The molecule has 1 aromatic carbocycles. The number of rotatable bonds is 6. The first kappa shape index (κ1) is 17.0. The van der Waals surface area contributed by atoms with Crippen LogP contribution >= 0.6 is 0 Å². The van der Waals surface area contributed by atoms with E-state index in [-0.39, 0.29) is 24.8 Å². The highest BCUT2D eigenvalue weighted by Gasteiger charge is 2.35. The van der Waals surface area contributed by atoms with Gasteiger partial charge in [-0.05, 0) is 24.3 Å². The number of nitrogens with zero attached hydrogens (tertiary/aromatic N) is 3. The number of esters is 1. The molecule has 8 nitrogen and oxygen atoms in total. The maximum Gasteiger partial charge on any atom is 0.311 e. The molecule has 0 bridgehead atoms. The number of ether oxygens (including phenoxy) is 1. The fourth-order valence-corrected chi connectivity index (χ4v) is 2.93. The lowest BCUT2D eigenvalue weighted by molar-refractivity contribution is -0.150. The van der Waals surface area contributed by atoms with Gasteiger partial charge in [0.05, 0.1) is 18.7 Å². The molecule has 1 saturated heterocycles. The Balaban J connectivity index is 1.31. The Morgan fingerprint density at radius 3 is 2.81 bits per heavy atom. The Morgan fingerprint density at radius 1 is 1.19 bits per heavy atom. The molecule has 0 radical (unpaired) electrons. The van der Waals surface area contributed by atoms with Crippen molar-refractivity contribution in [1.29, 1.82) is 0 Å². The number of hydrogen-bond donors (Lipinski definition) is 0. The number of hydrogen-bond acceptors (Lipinski definition) is 7. The number of likely N-dealkylation sites (tertiary alicyclic amines) is 1. The summed E-state index contributed by atoms with van der Waals surface area (Å²) in [7, 11) is 0. The van der Waals surface area contributed by atoms with Gasteiger partial charge in [-0.2, -0.15) is 0 Å². The Hall–Kier alpha value is -3.42. The van der Waals surface area contributed by atoms with Gasteiger partial charge in [0, 0.05) is 18.5 Å². The zero-order chi connectivity index (χ0) is 18.6. The zero-order valence-electron chi connectivity index (χ0n) is 14.4. The molecule has 3 aromatic rings. The van der Waals surface area contributed by atoms with Crippen LogP contribution in [0.3, 0.4) is 0 Å². The van der Waals surface area contributed by atoms with Crippen LogP contribution in [0.25, 0.3) is 11.5 Å². The predicted octanol–water partition coefficient (Wildman–Crippen LogP) is 2.42. The number of amides is 1. The van der Waals surface area contributed by atoms with Crippen molar-refractivity contribution in [2.24, 2.45) is 5.92 Å². The van der Waals surface area contributed by atoms with E-state index in [4.69, 9.17) is 13.6 Å². The van der Waals surface area contributed by atoms with E-state index in [0.29, 0.717) is 24.7 Å². The quantitative estimate of drug-likeness (QED) is 0.617. The third-order valence-corrected chi connectivity index (χ3v) is 4.30. The highest BCUT2D eigenvalue weighted by atomic mass is 16.5. The van der Waals surface area contributed by atoms with Gasteiger partial charge in [-0.15, -0.1) is 10.2 Å². The molecule has 1 fully saturated rings. The van der Waals surface area contributed by atoms with Crippen LogP contribution in [0, 0.1) is 5.92 Å². The summed E-state index contributed by atoms with van der Waals surface area (Å²) in [5, 5.41) is 7.83.